The van der Waals surface area contributed by atoms with Crippen LogP contribution in [0.15, 0.2) is 60.0 Å². The molecule has 0 unspecified atom stereocenters. The number of carbonyl (C=O) groups is 2. The van der Waals surface area contributed by atoms with Crippen molar-refractivity contribution in [1.29, 1.82) is 0 Å². The first-order valence-corrected chi connectivity index (χ1v) is 11.9. The molecule has 0 aliphatic carbocycles. The van der Waals surface area contributed by atoms with Crippen molar-refractivity contribution in [3.8, 4) is 0 Å². The number of guanidine groups is 1. The van der Waals surface area contributed by atoms with Crippen LogP contribution in [0.5, 0.6) is 0 Å². The molecular formula is C26H26N8O4. The predicted octanol–water partition coefficient (Wildman–Crippen LogP) is 2.24. The average Bonchev–Trinajstić information content (AvgIpc) is 3.53. The molecule has 4 aromatic rings. The number of nitrogens with zero attached hydrogens (tertiary/aromatic N) is 4. The first kappa shape index (κ1) is 24.6. The van der Waals surface area contributed by atoms with Crippen LogP contribution in [0.3, 0.4) is 0 Å². The van der Waals surface area contributed by atoms with E-state index in [0.717, 1.165) is 27.5 Å². The van der Waals surface area contributed by atoms with Crippen molar-refractivity contribution in [2.24, 2.45) is 10.8 Å². The van der Waals surface area contributed by atoms with E-state index >= 15 is 0 Å². The molecule has 5 N–H and O–H groups in total. The normalized spacial score (nSPS) is 14.0. The summed E-state index contributed by atoms with van der Waals surface area (Å²) in [5, 5.41) is 19.6. The second-order valence-corrected chi connectivity index (χ2v) is 9.09. The number of rotatable bonds is 8. The Kier molecular flexibility index (Phi) is 6.29. The monoisotopic (exact) mass is 514 g/mol. The van der Waals surface area contributed by atoms with Crippen LogP contribution in [0.25, 0.3) is 33.0 Å². The van der Waals surface area contributed by atoms with Gasteiger partial charge in [-0.15, -0.1) is 0 Å². The smallest absolute Gasteiger partial charge is 0.266 e. The van der Waals surface area contributed by atoms with Gasteiger partial charge in [0, 0.05) is 67.0 Å². The average molecular weight is 515 g/mol. The van der Waals surface area contributed by atoms with Crippen molar-refractivity contribution >= 4 is 56.4 Å². The van der Waals surface area contributed by atoms with Gasteiger partial charge in [-0.2, -0.15) is 0 Å². The van der Waals surface area contributed by atoms with Crippen LogP contribution in [0.4, 0.5) is 5.69 Å². The Labute approximate surface area is 216 Å². The van der Waals surface area contributed by atoms with Gasteiger partial charge in [-0.1, -0.05) is 30.3 Å². The fraction of sp³-hybridized carbons (Fsp3) is 0.192. The van der Waals surface area contributed by atoms with Crippen LogP contribution in [-0.4, -0.2) is 53.0 Å². The standard InChI is InChI=1S/C26H26N8O4/c1-32(2)20-10-5-8-16-18(14-33(23(16)20)12-6-11-28-26(27)31-34(37)38)22-21(24(35)30-25(22)36)17-13-29-19-9-4-3-7-15(17)19/h3-5,7-10,13-14,29H,6,11-12H2,1-2H3,(H3,27,28,31)(H,30,35,36). The molecule has 0 atom stereocenters. The molecule has 194 valence electrons. The Morgan fingerprint density at radius 3 is 2.53 bits per heavy atom. The number of imide groups is 1. The highest BCUT2D eigenvalue weighted by Gasteiger charge is 2.35. The lowest BCUT2D eigenvalue weighted by Gasteiger charge is -2.16. The lowest BCUT2D eigenvalue weighted by Crippen LogP contribution is -2.33. The van der Waals surface area contributed by atoms with Crippen LogP contribution < -0.4 is 21.3 Å². The third kappa shape index (κ3) is 4.32. The molecule has 12 heteroatoms. The number of anilines is 1. The number of aromatic nitrogens is 2. The highest BCUT2D eigenvalue weighted by Crippen LogP contribution is 2.40. The van der Waals surface area contributed by atoms with Gasteiger partial charge in [0.1, 0.15) is 5.10 Å². The van der Waals surface area contributed by atoms with E-state index in [1.165, 1.54) is 0 Å². The highest BCUT2D eigenvalue weighted by molar-refractivity contribution is 6.50. The maximum Gasteiger partial charge on any atom is 0.266 e. The topological polar surface area (TPSA) is 164 Å². The largest absolute Gasteiger partial charge is 0.376 e. The Hall–Kier alpha value is -5.13. The maximum absolute atomic E-state index is 13.2. The molecule has 2 aromatic carbocycles. The molecule has 1 aliphatic rings. The number of H-pyrrole nitrogens is 1. The number of hydrogen-bond donors (Lipinski definition) is 4. The van der Waals surface area contributed by atoms with Gasteiger partial charge in [-0.05, 0) is 18.6 Å². The molecule has 0 radical (unpaired) electrons. The van der Waals surface area contributed by atoms with E-state index in [-0.39, 0.29) is 5.96 Å². The molecule has 0 spiro atoms. The van der Waals surface area contributed by atoms with Crippen molar-refractivity contribution < 1.29 is 14.6 Å². The minimum atomic E-state index is -0.857. The minimum absolute atomic E-state index is 0.267. The van der Waals surface area contributed by atoms with Crippen molar-refractivity contribution in [3.05, 3.63) is 76.1 Å². The summed E-state index contributed by atoms with van der Waals surface area (Å²) in [4.78, 5) is 42.0. The second-order valence-electron chi connectivity index (χ2n) is 9.09. The number of fused-ring (bicyclic) bond motifs is 2. The van der Waals surface area contributed by atoms with Crippen molar-refractivity contribution in [2.45, 2.75) is 13.0 Å². The van der Waals surface area contributed by atoms with Crippen LogP contribution in [0.2, 0.25) is 0 Å². The summed E-state index contributed by atoms with van der Waals surface area (Å²) < 4.78 is 2.03. The minimum Gasteiger partial charge on any atom is -0.376 e. The lowest BCUT2D eigenvalue weighted by molar-refractivity contribution is -0.485. The highest BCUT2D eigenvalue weighted by atomic mass is 16.7. The summed E-state index contributed by atoms with van der Waals surface area (Å²) >= 11 is 0. The predicted molar refractivity (Wildman–Crippen MR) is 146 cm³/mol. The number of nitrogens with two attached hydrogens (primary N) is 1. The number of hydrazone groups is 1. The molecule has 1 aliphatic heterocycles. The van der Waals surface area contributed by atoms with E-state index < -0.39 is 16.8 Å². The number of aryl methyl sites for hydroxylation is 1. The van der Waals surface area contributed by atoms with Gasteiger partial charge in [-0.25, -0.2) is 10.1 Å². The zero-order valence-electron chi connectivity index (χ0n) is 20.8. The van der Waals surface area contributed by atoms with Crippen LogP contribution >= 0.6 is 0 Å². The van der Waals surface area contributed by atoms with E-state index in [1.807, 2.05) is 72.2 Å². The molecule has 2 amide bonds. The zero-order chi connectivity index (χ0) is 27.0. The van der Waals surface area contributed by atoms with Gasteiger partial charge >= 0.3 is 0 Å². The maximum atomic E-state index is 13.2. The molecule has 2 aromatic heterocycles. The van der Waals surface area contributed by atoms with Gasteiger partial charge in [-0.3, -0.25) is 14.9 Å². The first-order chi connectivity index (χ1) is 18.3. The molecule has 0 fully saturated rings. The van der Waals surface area contributed by atoms with E-state index in [1.54, 1.807) is 6.20 Å². The number of carbonyl (C=O) groups excluding carboxylic acids is 2. The third-order valence-electron chi connectivity index (χ3n) is 6.49. The number of para-hydroxylation sites is 2. The van der Waals surface area contributed by atoms with Gasteiger partial charge in [0.2, 0.25) is 0 Å². The second kappa shape index (κ2) is 9.73. The van der Waals surface area contributed by atoms with Crippen molar-refractivity contribution in [1.82, 2.24) is 20.2 Å². The summed E-state index contributed by atoms with van der Waals surface area (Å²) in [5.41, 5.74) is 10.2. The van der Waals surface area contributed by atoms with E-state index in [2.05, 4.69) is 20.7 Å². The van der Waals surface area contributed by atoms with Crippen molar-refractivity contribution in [2.75, 3.05) is 25.5 Å². The summed E-state index contributed by atoms with van der Waals surface area (Å²) in [6.45, 7) is 0.871. The van der Waals surface area contributed by atoms with E-state index in [0.29, 0.717) is 41.8 Å². The van der Waals surface area contributed by atoms with E-state index in [9.17, 15) is 19.7 Å². The van der Waals surface area contributed by atoms with Crippen LogP contribution in [0.1, 0.15) is 17.5 Å². The van der Waals surface area contributed by atoms with Crippen molar-refractivity contribution in [3.63, 3.8) is 0 Å². The number of amides is 2. The Balaban J connectivity index is 1.62. The quantitative estimate of drug-likeness (QED) is 0.0699. The Morgan fingerprint density at radius 2 is 1.79 bits per heavy atom. The molecular weight excluding hydrogens is 488 g/mol. The van der Waals surface area contributed by atoms with Crippen LogP contribution in [-0.2, 0) is 16.1 Å². The SMILES string of the molecule is CN(C)c1cccc2c(C3=C(c4c[nH]c5ccccc45)C(=O)NC3=O)cn(CCCNC(N)=N[N+](=O)[O-])c12. The summed E-state index contributed by atoms with van der Waals surface area (Å²) in [7, 11) is 3.87. The van der Waals surface area contributed by atoms with Gasteiger partial charge in [0.15, 0.2) is 5.03 Å². The molecule has 3 heterocycles. The molecule has 5 rings (SSSR count). The zero-order valence-corrected chi connectivity index (χ0v) is 20.8. The fourth-order valence-electron chi connectivity index (χ4n) is 4.91. The number of aromatic amines is 1. The Morgan fingerprint density at radius 1 is 1.08 bits per heavy atom. The molecule has 0 saturated heterocycles. The number of benzene rings is 2. The molecule has 12 nitrogen and oxygen atoms in total. The molecule has 38 heavy (non-hydrogen) atoms. The first-order valence-electron chi connectivity index (χ1n) is 11.9. The van der Waals surface area contributed by atoms with Gasteiger partial charge in [0.05, 0.1) is 22.4 Å². The number of nitrogens with one attached hydrogen (secondary N) is 3. The van der Waals surface area contributed by atoms with Gasteiger partial charge < -0.3 is 25.5 Å². The lowest BCUT2D eigenvalue weighted by atomic mass is 9.95. The molecule has 0 bridgehead atoms. The Bertz CT molecular complexity index is 1660. The number of nitro groups is 1. The van der Waals surface area contributed by atoms with Gasteiger partial charge in [0.25, 0.3) is 17.8 Å². The van der Waals surface area contributed by atoms with Crippen LogP contribution in [0, 0.1) is 10.1 Å². The number of hydrogen-bond acceptors (Lipinski definition) is 5. The summed E-state index contributed by atoms with van der Waals surface area (Å²) in [5.74, 6) is -1.16. The summed E-state index contributed by atoms with van der Waals surface area (Å²) in [6.07, 6.45) is 4.21. The third-order valence-corrected chi connectivity index (χ3v) is 6.49. The molecule has 0 saturated carbocycles. The van der Waals surface area contributed by atoms with E-state index in [4.69, 9.17) is 5.73 Å². The summed E-state index contributed by atoms with van der Waals surface area (Å²) in [6, 6.07) is 13.5. The fourth-order valence-corrected chi connectivity index (χ4v) is 4.91.